The van der Waals surface area contributed by atoms with Crippen LogP contribution in [0.3, 0.4) is 0 Å². The number of nitrogens with zero attached hydrogens (tertiary/aromatic N) is 8. The molecule has 4 aliphatic rings. The molecule has 10 atom stereocenters. The van der Waals surface area contributed by atoms with Crippen LogP contribution in [0.2, 0.25) is 0 Å². The van der Waals surface area contributed by atoms with E-state index in [1.165, 1.54) is 34.4 Å². The van der Waals surface area contributed by atoms with Crippen LogP contribution in [0.25, 0.3) is 22.3 Å². The Kier molecular flexibility index (Phi) is 21.4. The second-order valence-corrected chi connectivity index (χ2v) is 28.2. The number of carbonyl (C=O) groups excluding carboxylic acids is 2. The zero-order valence-electron chi connectivity index (χ0n) is 53.0. The summed E-state index contributed by atoms with van der Waals surface area (Å²) in [6, 6.07) is 12.4. The van der Waals surface area contributed by atoms with Crippen molar-refractivity contribution in [2.24, 2.45) is 0 Å². The number of hydrogen-bond acceptors (Lipinski definition) is 20. The highest BCUT2D eigenvalue weighted by atomic mass is 31.2. The molecule has 2 saturated heterocycles. The van der Waals surface area contributed by atoms with Gasteiger partial charge in [-0.15, -0.1) is 0 Å². The fourth-order valence-corrected chi connectivity index (χ4v) is 14.4. The molecular weight excluding hydrogens is 1240 g/mol. The van der Waals surface area contributed by atoms with Crippen molar-refractivity contribution < 1.29 is 81.2 Å². The van der Waals surface area contributed by atoms with Crippen LogP contribution in [0.15, 0.2) is 85.6 Å². The number of nitrogens with two attached hydrogens (primary N) is 2. The maximum absolute atomic E-state index is 13.1. The number of ether oxygens (including phenoxy) is 2. The average Bonchev–Trinajstić information content (AvgIpc) is 1.61. The van der Waals surface area contributed by atoms with E-state index in [0.717, 1.165) is 70.7 Å². The van der Waals surface area contributed by atoms with Gasteiger partial charge in [0.1, 0.15) is 43.7 Å². The summed E-state index contributed by atoms with van der Waals surface area (Å²) >= 11 is 0. The summed E-state index contributed by atoms with van der Waals surface area (Å²) in [6.07, 6.45) is 7.82. The van der Waals surface area contributed by atoms with Crippen molar-refractivity contribution >= 4 is 78.4 Å². The van der Waals surface area contributed by atoms with Crippen molar-refractivity contribution in [1.82, 2.24) is 50.7 Å². The molecule has 8 heterocycles. The molecule has 502 valence electrons. The molecule has 6 aromatic rings. The quantitative estimate of drug-likeness (QED) is 0.0173. The third kappa shape index (κ3) is 15.4. The first-order chi connectivity index (χ1) is 44.3. The number of carbonyl (C=O) groups is 2. The highest BCUT2D eigenvalue weighted by Crippen LogP contribution is 2.48. The topological polar surface area (TPSA) is 427 Å². The molecule has 10 rings (SSSR count). The summed E-state index contributed by atoms with van der Waals surface area (Å²) in [7, 11) is -4.66. The van der Waals surface area contributed by atoms with Gasteiger partial charge in [0.15, 0.2) is 42.7 Å². The molecule has 4 unspecified atom stereocenters. The van der Waals surface area contributed by atoms with Crippen molar-refractivity contribution in [1.29, 1.82) is 0 Å². The number of nitrogen functional groups attached to an aromatic ring is 2. The van der Waals surface area contributed by atoms with Gasteiger partial charge in [0.05, 0.1) is 31.5 Å². The Morgan fingerprint density at radius 3 is 1.74 bits per heavy atom. The van der Waals surface area contributed by atoms with Crippen molar-refractivity contribution in [2.45, 2.75) is 152 Å². The molecule has 93 heavy (non-hydrogen) atoms. The highest BCUT2D eigenvalue weighted by Gasteiger charge is 2.49. The molecule has 0 bridgehead atoms. The fourth-order valence-electron chi connectivity index (χ4n) is 12.7. The Morgan fingerprint density at radius 2 is 1.19 bits per heavy atom. The lowest BCUT2D eigenvalue weighted by molar-refractivity contribution is -0.745. The number of aromatic amines is 2. The Labute approximate surface area is 537 Å². The van der Waals surface area contributed by atoms with E-state index >= 15 is 0 Å². The number of likely N-dealkylation sites (N-methyl/N-ethyl adjacent to an activating group) is 1. The average molecular weight is 1330 g/mol. The van der Waals surface area contributed by atoms with E-state index in [1.807, 2.05) is 12.1 Å². The van der Waals surface area contributed by atoms with Crippen molar-refractivity contribution in [2.75, 3.05) is 69.9 Å². The zero-order chi connectivity index (χ0) is 66.6. The number of rotatable bonds is 30. The van der Waals surface area contributed by atoms with Crippen LogP contribution < -0.4 is 51.2 Å². The van der Waals surface area contributed by atoms with Crippen LogP contribution >= 0.6 is 15.5 Å². The van der Waals surface area contributed by atoms with Gasteiger partial charge in [0.25, 0.3) is 0 Å². The van der Waals surface area contributed by atoms with Crippen LogP contribution in [0.5, 0.6) is 0 Å². The number of anilines is 3. The number of H-pyrrole nitrogens is 2. The van der Waals surface area contributed by atoms with Gasteiger partial charge in [-0.1, -0.05) is 73.8 Å². The molecule has 0 radical (unpaired) electrons. The zero-order valence-corrected chi connectivity index (χ0v) is 54.8. The number of amides is 2. The normalized spacial score (nSPS) is 24.1. The molecule has 2 amide bonds. The molecule has 4 aliphatic heterocycles. The van der Waals surface area contributed by atoms with Crippen LogP contribution in [-0.2, 0) is 60.9 Å². The summed E-state index contributed by atoms with van der Waals surface area (Å²) in [5, 5.41) is 53.7. The van der Waals surface area contributed by atoms with E-state index in [9.17, 15) is 48.9 Å². The minimum atomic E-state index is -4.51. The molecule has 2 fully saturated rings. The lowest BCUT2D eigenvalue weighted by Gasteiger charge is -2.26. The van der Waals surface area contributed by atoms with Crippen LogP contribution in [0, 0.1) is 0 Å². The molecule has 4 aromatic heterocycles. The Balaban J connectivity index is 0.594. The number of unbranched alkanes of at least 4 members (excludes halogenated alkanes) is 6. The predicted molar refractivity (Wildman–Crippen MR) is 340 cm³/mol. The maximum Gasteiger partial charge on any atom is 0.403 e. The van der Waals surface area contributed by atoms with Gasteiger partial charge in [-0.25, -0.2) is 18.8 Å². The fraction of sp³-hybridized carbons (Fsp3) is 0.525. The van der Waals surface area contributed by atoms with Gasteiger partial charge < -0.3 is 71.2 Å². The highest BCUT2D eigenvalue weighted by molar-refractivity contribution is 7.50. The Bertz CT molecular complexity index is 3900. The Morgan fingerprint density at radius 1 is 0.699 bits per heavy atom. The monoisotopic (exact) mass is 1330 g/mol. The van der Waals surface area contributed by atoms with Gasteiger partial charge in [-0.05, 0) is 74.4 Å². The first-order valence-corrected chi connectivity index (χ1v) is 34.4. The minimum Gasteiger partial charge on any atom is -0.766 e. The lowest BCUT2D eigenvalue weighted by Crippen LogP contribution is -2.45. The van der Waals surface area contributed by atoms with Gasteiger partial charge >= 0.3 is 19.0 Å². The van der Waals surface area contributed by atoms with Gasteiger partial charge in [0.2, 0.25) is 48.7 Å². The number of aromatic nitrogens is 8. The van der Waals surface area contributed by atoms with Crippen molar-refractivity contribution in [3.05, 3.63) is 108 Å². The summed E-state index contributed by atoms with van der Waals surface area (Å²) in [5.41, 5.74) is 21.0. The number of hydrogen-bond donors (Lipinski definition) is 13. The standard InChI is InChI=1S/C61H84N16O14P2/c1-60(2)38-26-36(28-46(78)64-22-11-7-9-13-24-72-92(84,85)88-30-42-50(80)52(82)58(90-42)76-34-70-48-54(62)66-32-68-56(48)76)18-20-40(38)74(5)44(60)16-15-17-45-61(3,4)39-27-37(19-21-41(39)75(45)6)29-47(79)65-23-12-8-10-14-25-73-93(86,87)89-31-43-51(81)53(83)59(91-43)77-35-71-49-55(63)67-33-69-57(49)77/h15-21,26-27,32-35,42-43,50-53,58-59,80-83H,7-14,22-25,28-31H2,1-6H3,(H9-,62,63,64,65,66,67,68,69,72,73,78,79,84,85,86,87)/p+2/t42-,43+,50+,51-,52?,53?,58-,59+. The summed E-state index contributed by atoms with van der Waals surface area (Å²) < 4.78 is 52.5. The van der Waals surface area contributed by atoms with E-state index in [4.69, 9.17) is 30.0 Å². The lowest BCUT2D eigenvalue weighted by atomic mass is 9.80. The summed E-state index contributed by atoms with van der Waals surface area (Å²) in [5.74, 6) is 0.209. The van der Waals surface area contributed by atoms with Crippen LogP contribution in [0.1, 0.15) is 114 Å². The number of aliphatic hydroxyl groups excluding tert-OH is 4. The largest absolute Gasteiger partial charge is 0.766 e. The summed E-state index contributed by atoms with van der Waals surface area (Å²) in [4.78, 5) is 73.5. The minimum absolute atomic E-state index is 0.0808. The van der Waals surface area contributed by atoms with Crippen molar-refractivity contribution in [3.8, 4) is 0 Å². The second-order valence-electron chi connectivity index (χ2n) is 25.0. The number of benzene rings is 2. The first-order valence-electron chi connectivity index (χ1n) is 31.2. The third-order valence-electron chi connectivity index (χ3n) is 17.8. The molecule has 0 spiro atoms. The van der Waals surface area contributed by atoms with Gasteiger partial charge in [0, 0.05) is 67.7 Å². The van der Waals surface area contributed by atoms with E-state index < -0.39 is 77.8 Å². The molecule has 15 N–H and O–H groups in total. The number of aliphatic hydroxyl groups is 4. The van der Waals surface area contributed by atoms with Crippen LogP contribution in [-0.4, -0.2) is 167 Å². The van der Waals surface area contributed by atoms with E-state index in [1.54, 1.807) is 0 Å². The number of imidazole rings is 2. The SMILES string of the molecule is CN1C(=CC=CC2=[N+](C)c3ccc(CC(=O)NCCCCCCNP(=O)(O)OC[C@H]4O[C@@H]([n+]5c[nH]c6c(N)ncnc65)C(O)[C@H]4O)cc3C2(C)C)C(C)(C)c2cc(CC(=O)NCCCCCCNP(=O)([O-])OC[C@@H]3O[C@H]([n+]4c[nH]c5c(N)ncnc54)C(O)[C@@H]3O)ccc21. The third-order valence-corrected chi connectivity index (χ3v) is 20.1. The molecule has 2 aromatic carbocycles. The second kappa shape index (κ2) is 28.9. The number of allylic oxidation sites excluding steroid dienone is 4. The molecule has 0 aliphatic carbocycles. The van der Waals surface area contributed by atoms with Crippen LogP contribution in [0.4, 0.5) is 23.0 Å². The van der Waals surface area contributed by atoms with E-state index in [0.29, 0.717) is 61.1 Å². The molecule has 30 nitrogen and oxygen atoms in total. The van der Waals surface area contributed by atoms with Crippen molar-refractivity contribution in [3.63, 3.8) is 0 Å². The molecular formula is C61H86N16O14P2+2. The molecule has 32 heteroatoms. The first kappa shape index (κ1) is 68.9. The maximum atomic E-state index is 13.1. The summed E-state index contributed by atoms with van der Waals surface area (Å²) in [6.45, 7) is 9.07. The predicted octanol–water partition coefficient (Wildman–Crippen LogP) is 1.70. The van der Waals surface area contributed by atoms with E-state index in [2.05, 4.69) is 144 Å². The smallest absolute Gasteiger partial charge is 0.403 e. The van der Waals surface area contributed by atoms with E-state index in [-0.39, 0.29) is 60.2 Å². The van der Waals surface area contributed by atoms with Gasteiger partial charge in [-0.2, -0.15) is 14.5 Å². The number of fused-ring (bicyclic) bond motifs is 4. The number of nitrogens with one attached hydrogen (secondary N) is 6. The Hall–Kier alpha value is -6.99. The molecule has 0 saturated carbocycles. The van der Waals surface area contributed by atoms with Gasteiger partial charge in [-0.3, -0.25) is 33.7 Å².